The van der Waals surface area contributed by atoms with E-state index in [0.717, 1.165) is 6.42 Å². The van der Waals surface area contributed by atoms with Gasteiger partial charge in [0.1, 0.15) is 12.4 Å². The van der Waals surface area contributed by atoms with Gasteiger partial charge >= 0.3 is 0 Å². The van der Waals surface area contributed by atoms with E-state index in [1.54, 1.807) is 18.2 Å². The summed E-state index contributed by atoms with van der Waals surface area (Å²) in [5.74, 6) is 0.240. The molecule has 0 saturated carbocycles. The van der Waals surface area contributed by atoms with Crippen molar-refractivity contribution in [1.82, 2.24) is 0 Å². The topological polar surface area (TPSA) is 52.3 Å². The Morgan fingerprint density at radius 2 is 1.95 bits per heavy atom. The van der Waals surface area contributed by atoms with Crippen molar-refractivity contribution in [3.8, 4) is 5.75 Å². The Labute approximate surface area is 129 Å². The van der Waals surface area contributed by atoms with Gasteiger partial charge in [-0.2, -0.15) is 0 Å². The normalized spacial score (nSPS) is 10.0. The SMILES string of the molecule is CC.CCCCCC/C=C\COc1cccc(C(N)=O)c1. The molecular formula is C18H29NO2. The summed E-state index contributed by atoms with van der Waals surface area (Å²) in [4.78, 5) is 11.0. The highest BCUT2D eigenvalue weighted by molar-refractivity contribution is 5.93. The second-order valence-corrected chi connectivity index (χ2v) is 4.52. The first-order chi connectivity index (χ1) is 10.2. The number of nitrogens with two attached hydrogens (primary N) is 1. The third-order valence-electron chi connectivity index (χ3n) is 2.86. The second kappa shape index (κ2) is 13.2. The van der Waals surface area contributed by atoms with Crippen molar-refractivity contribution in [3.05, 3.63) is 42.0 Å². The molecule has 3 nitrogen and oxygen atoms in total. The molecule has 0 unspecified atom stereocenters. The van der Waals surface area contributed by atoms with E-state index in [0.29, 0.717) is 17.9 Å². The number of hydrogen-bond acceptors (Lipinski definition) is 2. The minimum absolute atomic E-state index is 0.433. The summed E-state index contributed by atoms with van der Waals surface area (Å²) in [7, 11) is 0. The number of allylic oxidation sites excluding steroid dienone is 1. The zero-order valence-corrected chi connectivity index (χ0v) is 13.6. The smallest absolute Gasteiger partial charge is 0.248 e. The largest absolute Gasteiger partial charge is 0.490 e. The highest BCUT2D eigenvalue weighted by Gasteiger charge is 2.00. The third-order valence-corrected chi connectivity index (χ3v) is 2.86. The lowest BCUT2D eigenvalue weighted by Gasteiger charge is -2.04. The van der Waals surface area contributed by atoms with Crippen LogP contribution in [0.4, 0.5) is 0 Å². The third kappa shape index (κ3) is 9.72. The van der Waals surface area contributed by atoms with Gasteiger partial charge in [-0.15, -0.1) is 0 Å². The fraction of sp³-hybridized carbons (Fsp3) is 0.500. The van der Waals surface area contributed by atoms with E-state index in [9.17, 15) is 4.79 Å². The molecule has 3 heteroatoms. The molecule has 0 aliphatic rings. The van der Waals surface area contributed by atoms with Gasteiger partial charge in [0.05, 0.1) is 0 Å². The van der Waals surface area contributed by atoms with Gasteiger partial charge in [0.15, 0.2) is 0 Å². The van der Waals surface area contributed by atoms with Crippen molar-refractivity contribution >= 4 is 5.91 Å². The Hall–Kier alpha value is -1.77. The molecule has 1 aromatic carbocycles. The van der Waals surface area contributed by atoms with Crippen molar-refractivity contribution in [1.29, 1.82) is 0 Å². The highest BCUT2D eigenvalue weighted by Crippen LogP contribution is 2.12. The highest BCUT2D eigenvalue weighted by atomic mass is 16.5. The molecule has 0 spiro atoms. The molecule has 1 aromatic rings. The van der Waals surface area contributed by atoms with Gasteiger partial charge in [-0.3, -0.25) is 4.79 Å². The quantitative estimate of drug-likeness (QED) is 0.529. The molecule has 0 bridgehead atoms. The number of rotatable bonds is 9. The van der Waals surface area contributed by atoms with E-state index in [2.05, 4.69) is 13.0 Å². The maximum absolute atomic E-state index is 11.0. The van der Waals surface area contributed by atoms with Crippen LogP contribution in [0.5, 0.6) is 5.75 Å². The van der Waals surface area contributed by atoms with Crippen LogP contribution in [0.2, 0.25) is 0 Å². The zero-order chi connectivity index (χ0) is 15.9. The number of unbranched alkanes of at least 4 members (excludes halogenated alkanes) is 4. The number of benzene rings is 1. The Balaban J connectivity index is 0.00000191. The number of carbonyl (C=O) groups is 1. The van der Waals surface area contributed by atoms with Gasteiger partial charge in [-0.1, -0.05) is 58.3 Å². The Bertz CT molecular complexity index is 413. The van der Waals surface area contributed by atoms with Crippen LogP contribution < -0.4 is 10.5 Å². The van der Waals surface area contributed by atoms with E-state index in [1.807, 2.05) is 26.0 Å². The molecule has 21 heavy (non-hydrogen) atoms. The number of amides is 1. The van der Waals surface area contributed by atoms with E-state index >= 15 is 0 Å². The molecule has 0 aliphatic carbocycles. The monoisotopic (exact) mass is 291 g/mol. The first-order valence-electron chi connectivity index (χ1n) is 7.91. The fourth-order valence-electron chi connectivity index (χ4n) is 1.76. The van der Waals surface area contributed by atoms with Crippen molar-refractivity contribution in [2.75, 3.05) is 6.61 Å². The standard InChI is InChI=1S/C16H23NO2.C2H6/c1-2-3-4-5-6-7-8-12-19-15-11-9-10-14(13-15)16(17)18;1-2/h7-11,13H,2-6,12H2,1H3,(H2,17,18);1-2H3/b8-7-;. The second-order valence-electron chi connectivity index (χ2n) is 4.52. The molecule has 0 radical (unpaired) electrons. The minimum atomic E-state index is -0.433. The van der Waals surface area contributed by atoms with Crippen molar-refractivity contribution < 1.29 is 9.53 Å². The average molecular weight is 291 g/mol. The van der Waals surface area contributed by atoms with Gasteiger partial charge in [-0.05, 0) is 31.0 Å². The predicted octanol–water partition coefficient (Wildman–Crippen LogP) is 4.72. The van der Waals surface area contributed by atoms with Crippen LogP contribution in [-0.4, -0.2) is 12.5 Å². The number of carbonyl (C=O) groups excluding carboxylic acids is 1. The number of ether oxygens (including phenoxy) is 1. The first-order valence-corrected chi connectivity index (χ1v) is 7.91. The Morgan fingerprint density at radius 1 is 1.19 bits per heavy atom. The molecular weight excluding hydrogens is 262 g/mol. The van der Waals surface area contributed by atoms with Gasteiger partial charge in [0.25, 0.3) is 0 Å². The van der Waals surface area contributed by atoms with Crippen LogP contribution in [0.15, 0.2) is 36.4 Å². The maximum atomic E-state index is 11.0. The lowest BCUT2D eigenvalue weighted by atomic mass is 10.1. The molecule has 0 fully saturated rings. The average Bonchev–Trinajstić information content (AvgIpc) is 2.52. The van der Waals surface area contributed by atoms with Gasteiger partial charge < -0.3 is 10.5 Å². The summed E-state index contributed by atoms with van der Waals surface area (Å²) in [6, 6.07) is 6.93. The Kier molecular flexibility index (Phi) is 12.1. The zero-order valence-electron chi connectivity index (χ0n) is 13.6. The summed E-state index contributed by atoms with van der Waals surface area (Å²) in [6.45, 7) is 6.74. The minimum Gasteiger partial charge on any atom is -0.490 e. The number of hydrogen-bond donors (Lipinski definition) is 1. The van der Waals surface area contributed by atoms with Crippen molar-refractivity contribution in [2.45, 2.75) is 52.9 Å². The Morgan fingerprint density at radius 3 is 2.62 bits per heavy atom. The van der Waals surface area contributed by atoms with Crippen LogP contribution in [-0.2, 0) is 0 Å². The molecule has 118 valence electrons. The molecule has 1 rings (SSSR count). The molecule has 1 amide bonds. The summed E-state index contributed by atoms with van der Waals surface area (Å²) in [6.07, 6.45) is 10.4. The molecule has 0 aliphatic heterocycles. The van der Waals surface area contributed by atoms with Gasteiger partial charge in [0, 0.05) is 5.56 Å². The van der Waals surface area contributed by atoms with Crippen molar-refractivity contribution in [2.24, 2.45) is 5.73 Å². The van der Waals surface area contributed by atoms with E-state index in [1.165, 1.54) is 25.7 Å². The summed E-state index contributed by atoms with van der Waals surface area (Å²) in [5, 5.41) is 0. The molecule has 0 atom stereocenters. The van der Waals surface area contributed by atoms with Crippen LogP contribution >= 0.6 is 0 Å². The van der Waals surface area contributed by atoms with E-state index in [-0.39, 0.29) is 0 Å². The van der Waals surface area contributed by atoms with Crippen LogP contribution in [0, 0.1) is 0 Å². The fourth-order valence-corrected chi connectivity index (χ4v) is 1.76. The molecule has 0 saturated heterocycles. The molecule has 2 N–H and O–H groups in total. The lowest BCUT2D eigenvalue weighted by Crippen LogP contribution is -2.10. The van der Waals surface area contributed by atoms with Gasteiger partial charge in [-0.25, -0.2) is 0 Å². The number of primary amides is 1. The van der Waals surface area contributed by atoms with Crippen molar-refractivity contribution in [3.63, 3.8) is 0 Å². The summed E-state index contributed by atoms with van der Waals surface area (Å²) in [5.41, 5.74) is 5.68. The molecule has 0 heterocycles. The van der Waals surface area contributed by atoms with E-state index in [4.69, 9.17) is 10.5 Å². The van der Waals surface area contributed by atoms with E-state index < -0.39 is 5.91 Å². The summed E-state index contributed by atoms with van der Waals surface area (Å²) >= 11 is 0. The first kappa shape index (κ1) is 19.2. The maximum Gasteiger partial charge on any atom is 0.248 e. The van der Waals surface area contributed by atoms with Crippen LogP contribution in [0.1, 0.15) is 63.2 Å². The molecule has 0 aromatic heterocycles. The van der Waals surface area contributed by atoms with Crippen LogP contribution in [0.25, 0.3) is 0 Å². The van der Waals surface area contributed by atoms with Crippen LogP contribution in [0.3, 0.4) is 0 Å². The van der Waals surface area contributed by atoms with Gasteiger partial charge in [0.2, 0.25) is 5.91 Å². The summed E-state index contributed by atoms with van der Waals surface area (Å²) < 4.78 is 5.53. The predicted molar refractivity (Wildman–Crippen MR) is 89.7 cm³/mol. The lowest BCUT2D eigenvalue weighted by molar-refractivity contribution is 0.1000.